The molecule has 0 fully saturated rings. The second kappa shape index (κ2) is 4.37. The summed E-state index contributed by atoms with van der Waals surface area (Å²) in [7, 11) is 0. The quantitative estimate of drug-likeness (QED) is 0.713. The smallest absolute Gasteiger partial charge is 0.131 e. The molecule has 0 saturated heterocycles. The number of phenols is 1. The van der Waals surface area contributed by atoms with Gasteiger partial charge in [0.25, 0.3) is 0 Å². The van der Waals surface area contributed by atoms with Gasteiger partial charge in [0.1, 0.15) is 11.6 Å². The summed E-state index contributed by atoms with van der Waals surface area (Å²) in [4.78, 5) is 4.46. The predicted molar refractivity (Wildman–Crippen MR) is 73.1 cm³/mol. The van der Waals surface area contributed by atoms with Gasteiger partial charge in [0.15, 0.2) is 0 Å². The van der Waals surface area contributed by atoms with Gasteiger partial charge in [0.05, 0.1) is 5.52 Å². The van der Waals surface area contributed by atoms with Crippen molar-refractivity contribution in [2.75, 3.05) is 5.32 Å². The van der Waals surface area contributed by atoms with Gasteiger partial charge in [-0.15, -0.1) is 0 Å². The fraction of sp³-hybridized carbons (Fsp3) is 0. The van der Waals surface area contributed by atoms with Crippen LogP contribution in [0.15, 0.2) is 60.7 Å². The van der Waals surface area contributed by atoms with E-state index >= 15 is 0 Å². The maximum Gasteiger partial charge on any atom is 0.131 e. The number of fused-ring (bicyclic) bond motifs is 1. The van der Waals surface area contributed by atoms with Gasteiger partial charge < -0.3 is 10.4 Å². The topological polar surface area (TPSA) is 45.2 Å². The molecule has 0 saturated carbocycles. The molecule has 2 aromatic carbocycles. The zero-order valence-corrected chi connectivity index (χ0v) is 9.67. The Morgan fingerprint density at radius 1 is 0.833 bits per heavy atom. The van der Waals surface area contributed by atoms with Crippen molar-refractivity contribution in [3.8, 4) is 5.75 Å². The van der Waals surface area contributed by atoms with E-state index in [4.69, 9.17) is 0 Å². The highest BCUT2D eigenvalue weighted by Gasteiger charge is 2.02. The van der Waals surface area contributed by atoms with E-state index in [0.29, 0.717) is 0 Å². The summed E-state index contributed by atoms with van der Waals surface area (Å²) in [5.41, 5.74) is 1.76. The van der Waals surface area contributed by atoms with Gasteiger partial charge in [0, 0.05) is 11.1 Å². The van der Waals surface area contributed by atoms with Crippen molar-refractivity contribution in [1.82, 2.24) is 4.98 Å². The molecule has 1 aromatic heterocycles. The van der Waals surface area contributed by atoms with Gasteiger partial charge >= 0.3 is 0 Å². The summed E-state index contributed by atoms with van der Waals surface area (Å²) in [5.74, 6) is 1.02. The van der Waals surface area contributed by atoms with Crippen molar-refractivity contribution >= 4 is 22.4 Å². The van der Waals surface area contributed by atoms with Crippen LogP contribution in [0.2, 0.25) is 0 Å². The molecule has 3 rings (SSSR count). The third kappa shape index (κ3) is 1.98. The van der Waals surface area contributed by atoms with E-state index in [1.807, 2.05) is 48.5 Å². The van der Waals surface area contributed by atoms with E-state index in [9.17, 15) is 5.11 Å². The SMILES string of the molecule is Oc1cccc2nc(Nc3ccccc3)ccc12. The average Bonchev–Trinajstić information content (AvgIpc) is 2.40. The van der Waals surface area contributed by atoms with Crippen LogP contribution in [0.4, 0.5) is 11.5 Å². The van der Waals surface area contributed by atoms with Gasteiger partial charge in [-0.3, -0.25) is 0 Å². The van der Waals surface area contributed by atoms with Crippen molar-refractivity contribution in [3.63, 3.8) is 0 Å². The zero-order chi connectivity index (χ0) is 12.4. The van der Waals surface area contributed by atoms with E-state index in [2.05, 4.69) is 10.3 Å². The van der Waals surface area contributed by atoms with Gasteiger partial charge in [-0.1, -0.05) is 24.3 Å². The molecule has 0 radical (unpaired) electrons. The van der Waals surface area contributed by atoms with E-state index in [-0.39, 0.29) is 5.75 Å². The molecule has 18 heavy (non-hydrogen) atoms. The number of rotatable bonds is 2. The van der Waals surface area contributed by atoms with Crippen molar-refractivity contribution < 1.29 is 5.11 Å². The molecule has 1 heterocycles. The summed E-state index contributed by atoms with van der Waals surface area (Å²) in [6.07, 6.45) is 0. The molecule has 0 amide bonds. The lowest BCUT2D eigenvalue weighted by molar-refractivity contribution is 0.481. The molecule has 0 aliphatic heterocycles. The minimum absolute atomic E-state index is 0.256. The minimum Gasteiger partial charge on any atom is -0.507 e. The van der Waals surface area contributed by atoms with Crippen LogP contribution in [0, 0.1) is 0 Å². The molecule has 0 bridgehead atoms. The van der Waals surface area contributed by atoms with Crippen LogP contribution in [0.3, 0.4) is 0 Å². The molecule has 3 aromatic rings. The maximum absolute atomic E-state index is 9.69. The molecule has 0 unspecified atom stereocenters. The molecule has 0 atom stereocenters. The van der Waals surface area contributed by atoms with Crippen LogP contribution in [0.1, 0.15) is 0 Å². The first kappa shape index (κ1) is 10.6. The first-order valence-corrected chi connectivity index (χ1v) is 5.74. The molecule has 2 N–H and O–H groups in total. The Balaban J connectivity index is 1.99. The van der Waals surface area contributed by atoms with Crippen molar-refractivity contribution in [1.29, 1.82) is 0 Å². The number of benzene rings is 2. The molecule has 3 nitrogen and oxygen atoms in total. The normalized spacial score (nSPS) is 10.4. The Morgan fingerprint density at radius 3 is 2.50 bits per heavy atom. The van der Waals surface area contributed by atoms with E-state index < -0.39 is 0 Å². The number of para-hydroxylation sites is 1. The second-order valence-electron chi connectivity index (χ2n) is 4.03. The molecule has 88 valence electrons. The number of aromatic hydroxyl groups is 1. The monoisotopic (exact) mass is 236 g/mol. The predicted octanol–water partition coefficient (Wildman–Crippen LogP) is 3.68. The number of nitrogens with one attached hydrogen (secondary N) is 1. The Kier molecular flexibility index (Phi) is 2.57. The molecule has 0 spiro atoms. The molecular weight excluding hydrogens is 224 g/mol. The van der Waals surface area contributed by atoms with Crippen LogP contribution >= 0.6 is 0 Å². The fourth-order valence-corrected chi connectivity index (χ4v) is 1.88. The highest BCUT2D eigenvalue weighted by Crippen LogP contribution is 2.25. The number of hydrogen-bond acceptors (Lipinski definition) is 3. The lowest BCUT2D eigenvalue weighted by atomic mass is 10.2. The zero-order valence-electron chi connectivity index (χ0n) is 9.67. The number of pyridine rings is 1. The largest absolute Gasteiger partial charge is 0.507 e. The average molecular weight is 236 g/mol. The summed E-state index contributed by atoms with van der Waals surface area (Å²) in [6, 6.07) is 18.9. The van der Waals surface area contributed by atoms with Gasteiger partial charge in [0.2, 0.25) is 0 Å². The number of hydrogen-bond donors (Lipinski definition) is 2. The Hall–Kier alpha value is -2.55. The van der Waals surface area contributed by atoms with E-state index in [1.165, 1.54) is 0 Å². The summed E-state index contributed by atoms with van der Waals surface area (Å²) in [6.45, 7) is 0. The molecule has 0 aliphatic carbocycles. The van der Waals surface area contributed by atoms with Crippen LogP contribution in [-0.4, -0.2) is 10.1 Å². The molecule has 3 heteroatoms. The van der Waals surface area contributed by atoms with Crippen molar-refractivity contribution in [2.24, 2.45) is 0 Å². The molecule has 0 aliphatic rings. The van der Waals surface area contributed by atoms with Crippen LogP contribution < -0.4 is 5.32 Å². The van der Waals surface area contributed by atoms with Crippen molar-refractivity contribution in [3.05, 3.63) is 60.7 Å². The number of phenolic OH excluding ortho intramolecular Hbond substituents is 1. The standard InChI is InChI=1S/C15H12N2O/c18-14-8-4-7-13-12(14)9-10-15(17-13)16-11-5-2-1-3-6-11/h1-10,18H,(H,16,17). The Bertz CT molecular complexity index is 680. The van der Waals surface area contributed by atoms with E-state index in [1.54, 1.807) is 12.1 Å². The second-order valence-corrected chi connectivity index (χ2v) is 4.03. The number of anilines is 2. The van der Waals surface area contributed by atoms with Crippen LogP contribution in [0.25, 0.3) is 10.9 Å². The lowest BCUT2D eigenvalue weighted by Crippen LogP contribution is -1.93. The lowest BCUT2D eigenvalue weighted by Gasteiger charge is -2.07. The van der Waals surface area contributed by atoms with Gasteiger partial charge in [-0.2, -0.15) is 0 Å². The number of nitrogens with zero attached hydrogens (tertiary/aromatic N) is 1. The maximum atomic E-state index is 9.69. The highest BCUT2D eigenvalue weighted by atomic mass is 16.3. The van der Waals surface area contributed by atoms with Gasteiger partial charge in [-0.25, -0.2) is 4.98 Å². The van der Waals surface area contributed by atoms with Crippen molar-refractivity contribution in [2.45, 2.75) is 0 Å². The first-order chi connectivity index (χ1) is 8.83. The summed E-state index contributed by atoms with van der Waals surface area (Å²) >= 11 is 0. The third-order valence-corrected chi connectivity index (χ3v) is 2.76. The van der Waals surface area contributed by atoms with Gasteiger partial charge in [-0.05, 0) is 36.4 Å². The Morgan fingerprint density at radius 2 is 1.67 bits per heavy atom. The summed E-state index contributed by atoms with van der Waals surface area (Å²) in [5, 5.41) is 13.7. The fourth-order valence-electron chi connectivity index (χ4n) is 1.88. The highest BCUT2D eigenvalue weighted by molar-refractivity contribution is 5.86. The first-order valence-electron chi connectivity index (χ1n) is 5.74. The molecular formula is C15H12N2O. The number of aromatic nitrogens is 1. The summed E-state index contributed by atoms with van der Waals surface area (Å²) < 4.78 is 0. The van der Waals surface area contributed by atoms with E-state index in [0.717, 1.165) is 22.4 Å². The minimum atomic E-state index is 0.256. The third-order valence-electron chi connectivity index (χ3n) is 2.76. The Labute approximate surface area is 105 Å². The van der Waals surface area contributed by atoms with Crippen LogP contribution in [-0.2, 0) is 0 Å². The van der Waals surface area contributed by atoms with Crippen LogP contribution in [0.5, 0.6) is 5.75 Å².